The first kappa shape index (κ1) is 27.8. The molecule has 0 bridgehead atoms. The van der Waals surface area contributed by atoms with E-state index in [4.69, 9.17) is 9.15 Å². The van der Waals surface area contributed by atoms with E-state index in [1.807, 2.05) is 51.1 Å². The van der Waals surface area contributed by atoms with Crippen LogP contribution in [0.3, 0.4) is 0 Å². The largest absolute Gasteiger partial charge is 0.462 e. The van der Waals surface area contributed by atoms with Gasteiger partial charge in [0.05, 0.1) is 23.2 Å². The Kier molecular flexibility index (Phi) is 8.05. The van der Waals surface area contributed by atoms with Crippen LogP contribution in [-0.4, -0.2) is 17.0 Å². The minimum absolute atomic E-state index is 0.0731. The number of ether oxygens (including phenoxy) is 1. The maximum Gasteiger partial charge on any atom is 0.340 e. The number of carbonyl (C=O) groups excluding carboxylic acids is 1. The number of fused-ring (bicyclic) bond motifs is 5. The zero-order chi connectivity index (χ0) is 28.4. The first-order valence-electron chi connectivity index (χ1n) is 13.5. The summed E-state index contributed by atoms with van der Waals surface area (Å²) in [4.78, 5) is 25.9. The zero-order valence-corrected chi connectivity index (χ0v) is 23.6. The summed E-state index contributed by atoms with van der Waals surface area (Å²) >= 11 is 0. The number of hydrogen-bond acceptors (Lipinski definition) is 4. The Morgan fingerprint density at radius 3 is 2.31 bits per heavy atom. The molecule has 6 aromatic rings. The van der Waals surface area contributed by atoms with Gasteiger partial charge in [0.2, 0.25) is 0 Å². The fourth-order valence-electron chi connectivity index (χ4n) is 4.99. The molecule has 0 saturated heterocycles. The van der Waals surface area contributed by atoms with Gasteiger partial charge < -0.3 is 13.6 Å². The van der Waals surface area contributed by atoms with Crippen LogP contribution in [0.5, 0.6) is 0 Å². The number of carbonyl (C=O) groups is 1. The fraction of sp³-hybridized carbons (Fsp3) is 0.273. The fourth-order valence-corrected chi connectivity index (χ4v) is 4.99. The van der Waals surface area contributed by atoms with Gasteiger partial charge in [0.15, 0.2) is 22.4 Å². The highest BCUT2D eigenvalue weighted by Crippen LogP contribution is 2.34. The Labute approximate surface area is 226 Å². The van der Waals surface area contributed by atoms with Gasteiger partial charge in [0.1, 0.15) is 0 Å². The van der Waals surface area contributed by atoms with E-state index in [-0.39, 0.29) is 17.6 Å². The van der Waals surface area contributed by atoms with Crippen LogP contribution in [0.2, 0.25) is 0 Å². The minimum Gasteiger partial charge on any atom is -0.462 e. The monoisotopic (exact) mass is 527 g/mol. The Bertz CT molecular complexity index is 1960. The number of pyridine rings is 1. The van der Waals surface area contributed by atoms with Gasteiger partial charge in [0.25, 0.3) is 0 Å². The van der Waals surface area contributed by atoms with Crippen molar-refractivity contribution in [1.82, 2.24) is 4.40 Å². The van der Waals surface area contributed by atoms with Crippen molar-refractivity contribution < 1.29 is 18.3 Å². The topological polar surface area (TPSA) is 60.9 Å². The standard InChI is InChI=1S/C28H20FNO4.C3H8.C2H6/c1-4-15-19-10-14(3)24(29)27-25(19)30(13-21(15)28(32)33-5-2)22-11-18-16-8-6-7-9-17(16)26(31)20(18)12-23(22)34-27;1-3-2;1-2/h4,6-13H,5H2,1-3H3;3H2,1-2H3;1-2H3/b15-4+;;. The second-order valence-corrected chi connectivity index (χ2v) is 9.12. The molecule has 39 heavy (non-hydrogen) atoms. The molecule has 0 fully saturated rings. The van der Waals surface area contributed by atoms with Crippen LogP contribution in [-0.2, 0) is 4.74 Å². The maximum absolute atomic E-state index is 15.3. The summed E-state index contributed by atoms with van der Waals surface area (Å²) in [5.41, 5.74) is 2.25. The molecule has 0 radical (unpaired) electrons. The Hall–Kier alpha value is -4.19. The molecule has 6 rings (SSSR count). The lowest BCUT2D eigenvalue weighted by atomic mass is 10.0. The molecule has 4 aromatic carbocycles. The van der Waals surface area contributed by atoms with E-state index in [9.17, 15) is 9.59 Å². The van der Waals surface area contributed by atoms with Gasteiger partial charge in [-0.1, -0.05) is 64.5 Å². The number of rotatable bonds is 2. The third-order valence-corrected chi connectivity index (χ3v) is 6.52. The Balaban J connectivity index is 0.000000662. The second-order valence-electron chi connectivity index (χ2n) is 9.12. The lowest BCUT2D eigenvalue weighted by Gasteiger charge is -2.16. The first-order valence-corrected chi connectivity index (χ1v) is 13.5. The molecule has 2 heterocycles. The molecule has 0 unspecified atom stereocenters. The summed E-state index contributed by atoms with van der Waals surface area (Å²) in [7, 11) is 0. The second kappa shape index (κ2) is 11.3. The SMILES string of the molecule is C/C=c1/c(C(=O)OCC)cn2c3cc4c(cc3oc3c(F)c(C)cc1c32)c(=O)c1ccccc14.CC.CCC. The summed E-state index contributed by atoms with van der Waals surface area (Å²) < 4.78 is 28.5. The maximum atomic E-state index is 15.3. The highest BCUT2D eigenvalue weighted by atomic mass is 19.1. The lowest BCUT2D eigenvalue weighted by Crippen LogP contribution is -2.21. The molecule has 0 amide bonds. The third kappa shape index (κ3) is 4.44. The number of hydrogen-bond donors (Lipinski definition) is 0. The van der Waals surface area contributed by atoms with Gasteiger partial charge >= 0.3 is 5.97 Å². The van der Waals surface area contributed by atoms with Gasteiger partial charge in [-0.2, -0.15) is 0 Å². The normalized spacial score (nSPS) is 11.6. The van der Waals surface area contributed by atoms with Gasteiger partial charge in [-0.05, 0) is 60.5 Å². The zero-order valence-electron chi connectivity index (χ0n) is 23.6. The van der Waals surface area contributed by atoms with Crippen LogP contribution in [0, 0.1) is 12.7 Å². The number of aryl methyl sites for hydroxylation is 1. The van der Waals surface area contributed by atoms with E-state index in [2.05, 4.69) is 13.8 Å². The van der Waals surface area contributed by atoms with Crippen molar-refractivity contribution >= 4 is 61.2 Å². The van der Waals surface area contributed by atoms with E-state index >= 15 is 4.39 Å². The molecular weight excluding hydrogens is 493 g/mol. The Morgan fingerprint density at radius 2 is 1.67 bits per heavy atom. The number of esters is 1. The van der Waals surface area contributed by atoms with Crippen molar-refractivity contribution in [3.8, 4) is 0 Å². The van der Waals surface area contributed by atoms with Crippen molar-refractivity contribution in [3.05, 3.63) is 81.0 Å². The lowest BCUT2D eigenvalue weighted by molar-refractivity contribution is 0.0524. The van der Waals surface area contributed by atoms with E-state index in [0.717, 1.165) is 10.8 Å². The van der Waals surface area contributed by atoms with E-state index in [0.29, 0.717) is 49.1 Å². The van der Waals surface area contributed by atoms with Crippen molar-refractivity contribution in [1.29, 1.82) is 0 Å². The van der Waals surface area contributed by atoms with Crippen LogP contribution in [0.4, 0.5) is 4.39 Å². The minimum atomic E-state index is -0.479. The van der Waals surface area contributed by atoms with E-state index < -0.39 is 11.8 Å². The molecular formula is C33H34FNO4. The predicted molar refractivity (Wildman–Crippen MR) is 159 cm³/mol. The van der Waals surface area contributed by atoms with Crippen molar-refractivity contribution in [2.75, 3.05) is 6.61 Å². The summed E-state index contributed by atoms with van der Waals surface area (Å²) in [5.74, 6) is -0.938. The van der Waals surface area contributed by atoms with Crippen molar-refractivity contribution in [2.45, 2.75) is 54.9 Å². The smallest absolute Gasteiger partial charge is 0.340 e. The van der Waals surface area contributed by atoms with E-state index in [1.165, 1.54) is 6.42 Å². The van der Waals surface area contributed by atoms with Crippen LogP contribution in [0.25, 0.3) is 55.2 Å². The number of halogens is 1. The quantitative estimate of drug-likeness (QED) is 0.130. The molecule has 2 aromatic heterocycles. The summed E-state index contributed by atoms with van der Waals surface area (Å²) in [6.45, 7) is 13.7. The van der Waals surface area contributed by atoms with Gasteiger partial charge in [-0.3, -0.25) is 4.79 Å². The molecule has 0 aliphatic rings. The van der Waals surface area contributed by atoms with Crippen molar-refractivity contribution in [2.24, 2.45) is 0 Å². The molecule has 0 aliphatic heterocycles. The van der Waals surface area contributed by atoms with Crippen LogP contribution < -0.4 is 10.6 Å². The highest BCUT2D eigenvalue weighted by molar-refractivity contribution is 6.15. The molecule has 0 N–H and O–H groups in total. The highest BCUT2D eigenvalue weighted by Gasteiger charge is 2.21. The number of aromatic nitrogens is 1. The summed E-state index contributed by atoms with van der Waals surface area (Å²) in [6.07, 6.45) is 4.74. The number of nitrogens with zero attached hydrogens (tertiary/aromatic N) is 1. The van der Waals surface area contributed by atoms with Crippen LogP contribution >= 0.6 is 0 Å². The molecule has 0 spiro atoms. The van der Waals surface area contributed by atoms with Crippen LogP contribution in [0.15, 0.2) is 57.9 Å². The number of benzene rings is 3. The molecule has 202 valence electrons. The van der Waals surface area contributed by atoms with Gasteiger partial charge in [-0.25, -0.2) is 9.18 Å². The molecule has 0 atom stereocenters. The average Bonchev–Trinajstić information content (AvgIpc) is 3.22. The van der Waals surface area contributed by atoms with E-state index in [1.54, 1.807) is 42.6 Å². The molecule has 0 saturated carbocycles. The molecule has 0 aliphatic carbocycles. The molecule has 5 nitrogen and oxygen atoms in total. The van der Waals surface area contributed by atoms with Gasteiger partial charge in [-0.15, -0.1) is 0 Å². The summed E-state index contributed by atoms with van der Waals surface area (Å²) in [6, 6.07) is 12.7. The Morgan fingerprint density at radius 1 is 1.00 bits per heavy atom. The summed E-state index contributed by atoms with van der Waals surface area (Å²) in [5, 5.41) is 4.10. The van der Waals surface area contributed by atoms with Crippen molar-refractivity contribution in [3.63, 3.8) is 0 Å². The average molecular weight is 528 g/mol. The first-order chi connectivity index (χ1) is 18.9. The third-order valence-electron chi connectivity index (χ3n) is 6.52. The van der Waals surface area contributed by atoms with Gasteiger partial charge in [0, 0.05) is 22.4 Å². The van der Waals surface area contributed by atoms with Crippen LogP contribution in [0.1, 0.15) is 63.9 Å². The predicted octanol–water partition coefficient (Wildman–Crippen LogP) is 8.09. The molecule has 6 heteroatoms.